The number of aromatic nitrogens is 1. The van der Waals surface area contributed by atoms with Crippen molar-refractivity contribution in [3.05, 3.63) is 83.9 Å². The average Bonchev–Trinajstić information content (AvgIpc) is 3.26. The number of aliphatic imine (C=N–C) groups is 1. The van der Waals surface area contributed by atoms with Gasteiger partial charge in [0, 0.05) is 23.0 Å². The third kappa shape index (κ3) is 6.97. The van der Waals surface area contributed by atoms with E-state index in [2.05, 4.69) is 9.88 Å². The van der Waals surface area contributed by atoms with Gasteiger partial charge in [0.25, 0.3) is 0 Å². The molecule has 0 atom stereocenters. The molecule has 0 aliphatic rings. The largest absolute Gasteiger partial charge is 0.494 e. The Morgan fingerprint density at radius 1 is 0.974 bits per heavy atom. The zero-order valence-electron chi connectivity index (χ0n) is 22.9. The minimum absolute atomic E-state index is 0.0340. The Labute approximate surface area is 229 Å². The monoisotopic (exact) mass is 549 g/mol. The molecule has 1 heterocycles. The van der Waals surface area contributed by atoms with E-state index in [-0.39, 0.29) is 19.1 Å². The van der Waals surface area contributed by atoms with Crippen LogP contribution in [0.2, 0.25) is 0 Å². The van der Waals surface area contributed by atoms with Crippen LogP contribution in [0.1, 0.15) is 31.4 Å². The summed E-state index contributed by atoms with van der Waals surface area (Å²) in [5.74, 6) is 0.740. The second kappa shape index (κ2) is 13.1. The molecule has 0 saturated heterocycles. The Morgan fingerprint density at radius 2 is 1.67 bits per heavy atom. The van der Waals surface area contributed by atoms with Crippen LogP contribution < -0.4 is 10.0 Å². The molecule has 0 radical (unpaired) electrons. The number of fused-ring (bicyclic) bond motifs is 1. The van der Waals surface area contributed by atoms with Crippen LogP contribution in [0.5, 0.6) is 11.6 Å². The van der Waals surface area contributed by atoms with E-state index in [1.807, 2.05) is 68.7 Å². The van der Waals surface area contributed by atoms with Crippen LogP contribution >= 0.6 is 7.60 Å². The summed E-state index contributed by atoms with van der Waals surface area (Å²) < 4.78 is 30.5. The fourth-order valence-electron chi connectivity index (χ4n) is 4.28. The van der Waals surface area contributed by atoms with Crippen LogP contribution in [0, 0.1) is 0 Å². The predicted octanol–water partition coefficient (Wildman–Crippen LogP) is 6.26. The Hall–Kier alpha value is -3.42. The number of ether oxygens (including phenoxy) is 1. The molecular formula is C30H36N3O5P. The molecule has 0 fully saturated rings. The summed E-state index contributed by atoms with van der Waals surface area (Å²) in [6.07, 6.45) is 0.937. The highest BCUT2D eigenvalue weighted by Gasteiger charge is 2.28. The van der Waals surface area contributed by atoms with Crippen molar-refractivity contribution in [2.24, 2.45) is 4.99 Å². The molecule has 1 aromatic heterocycles. The third-order valence-electron chi connectivity index (χ3n) is 6.06. The Bertz CT molecular complexity index is 1440. The standard InChI is InChI=1S/C30H36N3O5P/c1-5-37-39(35,38-6-2)25-17-18-27-26(21-25)28(30(34)32-27)29(22-11-8-7-9-12-22)31-23-13-15-24(16-14-23)36-20-10-19-33(3)4/h7-9,11-18,21,32,34H,5-6,10,19-20H2,1-4H3. The summed E-state index contributed by atoms with van der Waals surface area (Å²) in [4.78, 5) is 10.1. The lowest BCUT2D eigenvalue weighted by Gasteiger charge is -2.17. The zero-order chi connectivity index (χ0) is 27.8. The van der Waals surface area contributed by atoms with Gasteiger partial charge in [-0.25, -0.2) is 4.99 Å². The summed E-state index contributed by atoms with van der Waals surface area (Å²) in [5.41, 5.74) is 3.27. The molecule has 2 N–H and O–H groups in total. The summed E-state index contributed by atoms with van der Waals surface area (Å²) >= 11 is 0. The number of nitrogens with one attached hydrogen (secondary N) is 1. The highest BCUT2D eigenvalue weighted by molar-refractivity contribution is 7.62. The second-order valence-corrected chi connectivity index (χ2v) is 11.3. The van der Waals surface area contributed by atoms with Crippen molar-refractivity contribution in [2.45, 2.75) is 20.3 Å². The van der Waals surface area contributed by atoms with Gasteiger partial charge in [-0.2, -0.15) is 0 Å². The molecule has 4 aromatic rings. The van der Waals surface area contributed by atoms with Gasteiger partial charge in [-0.15, -0.1) is 0 Å². The molecule has 0 amide bonds. The fraction of sp³-hybridized carbons (Fsp3) is 0.300. The summed E-state index contributed by atoms with van der Waals surface area (Å²) in [6.45, 7) is 5.63. The first kappa shape index (κ1) is 28.6. The average molecular weight is 550 g/mol. The number of hydrogen-bond donors (Lipinski definition) is 2. The predicted molar refractivity (Wildman–Crippen MR) is 157 cm³/mol. The maximum atomic E-state index is 13.5. The molecule has 206 valence electrons. The van der Waals surface area contributed by atoms with Crippen molar-refractivity contribution in [1.82, 2.24) is 9.88 Å². The number of benzene rings is 3. The van der Waals surface area contributed by atoms with Gasteiger partial charge in [-0.1, -0.05) is 30.3 Å². The third-order valence-corrected chi connectivity index (χ3v) is 8.16. The first-order valence-corrected chi connectivity index (χ1v) is 14.6. The SMILES string of the molecule is CCOP(=O)(OCC)c1ccc2[nH]c(O)c(C(=Nc3ccc(OCCCN(C)C)cc3)c3ccccc3)c2c1. The molecule has 0 aliphatic carbocycles. The number of aromatic hydroxyl groups is 1. The fourth-order valence-corrected chi connectivity index (χ4v) is 5.88. The lowest BCUT2D eigenvalue weighted by molar-refractivity contribution is 0.230. The number of aromatic amines is 1. The second-order valence-electron chi connectivity index (χ2n) is 9.24. The first-order chi connectivity index (χ1) is 18.8. The molecule has 9 heteroatoms. The van der Waals surface area contributed by atoms with E-state index in [0.29, 0.717) is 39.8 Å². The van der Waals surface area contributed by atoms with Crippen molar-refractivity contribution in [3.63, 3.8) is 0 Å². The molecule has 0 aliphatic heterocycles. The Kier molecular flexibility index (Phi) is 9.59. The summed E-state index contributed by atoms with van der Waals surface area (Å²) in [5, 5.41) is 12.1. The molecule has 0 unspecified atom stereocenters. The number of hydrogen-bond acceptors (Lipinski definition) is 7. The summed E-state index contributed by atoms with van der Waals surface area (Å²) in [7, 11) is 0.553. The number of rotatable bonds is 13. The highest BCUT2D eigenvalue weighted by Crippen LogP contribution is 2.47. The van der Waals surface area contributed by atoms with E-state index in [1.54, 1.807) is 32.0 Å². The van der Waals surface area contributed by atoms with Crippen LogP contribution in [0.25, 0.3) is 10.9 Å². The normalized spacial score (nSPS) is 12.4. The maximum Gasteiger partial charge on any atom is 0.361 e. The van der Waals surface area contributed by atoms with Gasteiger partial charge in [-0.3, -0.25) is 4.57 Å². The topological polar surface area (TPSA) is 96.4 Å². The van der Waals surface area contributed by atoms with Crippen LogP contribution in [-0.2, 0) is 13.6 Å². The summed E-state index contributed by atoms with van der Waals surface area (Å²) in [6, 6.07) is 22.4. The van der Waals surface area contributed by atoms with Crippen molar-refractivity contribution < 1.29 is 23.5 Å². The van der Waals surface area contributed by atoms with Crippen molar-refractivity contribution in [2.75, 3.05) is 40.5 Å². The van der Waals surface area contributed by atoms with Gasteiger partial charge in [0.15, 0.2) is 5.88 Å². The Morgan fingerprint density at radius 3 is 2.31 bits per heavy atom. The van der Waals surface area contributed by atoms with Gasteiger partial charge in [-0.05, 0) is 76.8 Å². The minimum atomic E-state index is -3.53. The molecule has 39 heavy (non-hydrogen) atoms. The van der Waals surface area contributed by atoms with Crippen LogP contribution in [0.15, 0.2) is 77.8 Å². The van der Waals surface area contributed by atoms with Crippen LogP contribution in [-0.4, -0.2) is 61.2 Å². The van der Waals surface area contributed by atoms with Crippen molar-refractivity contribution in [1.29, 1.82) is 0 Å². The smallest absolute Gasteiger partial charge is 0.361 e. The van der Waals surface area contributed by atoms with Crippen LogP contribution in [0.3, 0.4) is 0 Å². The van der Waals surface area contributed by atoms with Gasteiger partial charge in [0.2, 0.25) is 0 Å². The lowest BCUT2D eigenvalue weighted by Crippen LogP contribution is -2.15. The van der Waals surface area contributed by atoms with Gasteiger partial charge in [0.05, 0.1) is 42.1 Å². The van der Waals surface area contributed by atoms with Crippen molar-refractivity contribution >= 4 is 35.2 Å². The minimum Gasteiger partial charge on any atom is -0.494 e. The highest BCUT2D eigenvalue weighted by atomic mass is 31.2. The molecule has 0 saturated carbocycles. The molecule has 8 nitrogen and oxygen atoms in total. The quantitative estimate of drug-likeness (QED) is 0.116. The van der Waals surface area contributed by atoms with E-state index in [4.69, 9.17) is 18.8 Å². The Balaban J connectivity index is 1.76. The van der Waals surface area contributed by atoms with Crippen molar-refractivity contribution in [3.8, 4) is 11.6 Å². The van der Waals surface area contributed by atoms with E-state index >= 15 is 0 Å². The number of nitrogens with zero attached hydrogens (tertiary/aromatic N) is 2. The van der Waals surface area contributed by atoms with Gasteiger partial charge in [0.1, 0.15) is 5.75 Å². The van der Waals surface area contributed by atoms with E-state index < -0.39 is 7.60 Å². The number of H-pyrrole nitrogens is 1. The molecule has 3 aromatic carbocycles. The van der Waals surface area contributed by atoms with Crippen LogP contribution in [0.4, 0.5) is 5.69 Å². The first-order valence-electron chi connectivity index (χ1n) is 13.1. The molecular weight excluding hydrogens is 513 g/mol. The molecule has 0 spiro atoms. The maximum absolute atomic E-state index is 13.5. The molecule has 4 rings (SSSR count). The van der Waals surface area contributed by atoms with E-state index in [0.717, 1.165) is 24.3 Å². The zero-order valence-corrected chi connectivity index (χ0v) is 23.8. The van der Waals surface area contributed by atoms with Gasteiger partial charge >= 0.3 is 7.60 Å². The van der Waals surface area contributed by atoms with E-state index in [1.165, 1.54) is 0 Å². The van der Waals surface area contributed by atoms with Gasteiger partial charge < -0.3 is 28.8 Å². The molecule has 0 bridgehead atoms. The van der Waals surface area contributed by atoms with E-state index in [9.17, 15) is 9.67 Å². The lowest BCUT2D eigenvalue weighted by atomic mass is 10.0.